The maximum Gasteiger partial charge on any atom is 0.0576 e. The maximum absolute atomic E-state index is 5.70. The number of nitrogens with one attached hydrogen (secondary N) is 1. The molecule has 0 aromatic heterocycles. The minimum Gasteiger partial charge on any atom is -0.378 e. The van der Waals surface area contributed by atoms with Gasteiger partial charge in [0.25, 0.3) is 0 Å². The first kappa shape index (κ1) is 14.0. The van der Waals surface area contributed by atoms with Gasteiger partial charge >= 0.3 is 0 Å². The van der Waals surface area contributed by atoms with Crippen LogP contribution in [-0.4, -0.2) is 19.8 Å². The van der Waals surface area contributed by atoms with E-state index in [0.717, 1.165) is 19.4 Å². The summed E-state index contributed by atoms with van der Waals surface area (Å²) in [7, 11) is 2.04. The molecule has 1 aliphatic rings. The molecule has 0 saturated carbocycles. The average Bonchev–Trinajstić information content (AvgIpc) is 2.87. The first-order chi connectivity index (χ1) is 8.70. The number of hydrogen-bond acceptors (Lipinski definition) is 2. The minimum absolute atomic E-state index is 0.406. The largest absolute Gasteiger partial charge is 0.378 e. The first-order valence-electron chi connectivity index (χ1n) is 6.75. The van der Waals surface area contributed by atoms with E-state index < -0.39 is 0 Å². The predicted octanol–water partition coefficient (Wildman–Crippen LogP) is 3.98. The predicted molar refractivity (Wildman–Crippen MR) is 78.9 cm³/mol. The van der Waals surface area contributed by atoms with Gasteiger partial charge in [0, 0.05) is 17.1 Å². The molecule has 2 atom stereocenters. The molecule has 0 aliphatic carbocycles. The lowest BCUT2D eigenvalue weighted by Gasteiger charge is -2.20. The van der Waals surface area contributed by atoms with Gasteiger partial charge in [0.2, 0.25) is 0 Å². The quantitative estimate of drug-likeness (QED) is 0.888. The van der Waals surface area contributed by atoms with E-state index in [4.69, 9.17) is 4.74 Å². The molecule has 0 radical (unpaired) electrons. The third-order valence-corrected chi connectivity index (χ3v) is 4.40. The molecule has 100 valence electrons. The van der Waals surface area contributed by atoms with Gasteiger partial charge < -0.3 is 10.1 Å². The van der Waals surface area contributed by atoms with Crippen molar-refractivity contribution in [2.24, 2.45) is 0 Å². The maximum atomic E-state index is 5.70. The molecule has 1 saturated heterocycles. The van der Waals surface area contributed by atoms with Crippen LogP contribution in [-0.2, 0) is 4.74 Å². The van der Waals surface area contributed by atoms with Crippen LogP contribution in [0.1, 0.15) is 42.9 Å². The second-order valence-electron chi connectivity index (χ2n) is 5.08. The number of halogens is 1. The van der Waals surface area contributed by atoms with E-state index in [9.17, 15) is 0 Å². The lowest BCUT2D eigenvalue weighted by atomic mass is 9.98. The van der Waals surface area contributed by atoms with E-state index in [-0.39, 0.29) is 0 Å². The Balaban J connectivity index is 2.00. The highest BCUT2D eigenvalue weighted by molar-refractivity contribution is 9.10. The number of hydrogen-bond donors (Lipinski definition) is 1. The Labute approximate surface area is 118 Å². The summed E-state index contributed by atoms with van der Waals surface area (Å²) >= 11 is 3.65. The zero-order valence-corrected chi connectivity index (χ0v) is 12.8. The van der Waals surface area contributed by atoms with Gasteiger partial charge in [0.05, 0.1) is 6.10 Å². The third-order valence-electron chi connectivity index (χ3n) is 3.68. The Hall–Kier alpha value is -0.380. The number of ether oxygens (including phenoxy) is 1. The van der Waals surface area contributed by atoms with Gasteiger partial charge in [0.1, 0.15) is 0 Å². The highest BCUT2D eigenvalue weighted by atomic mass is 79.9. The molecule has 1 N–H and O–H groups in total. The second kappa shape index (κ2) is 6.69. The van der Waals surface area contributed by atoms with Gasteiger partial charge in [-0.15, -0.1) is 0 Å². The van der Waals surface area contributed by atoms with Crippen LogP contribution in [0, 0.1) is 6.92 Å². The molecule has 3 heteroatoms. The molecule has 0 amide bonds. The van der Waals surface area contributed by atoms with Crippen molar-refractivity contribution in [3.63, 3.8) is 0 Å². The Morgan fingerprint density at radius 1 is 1.50 bits per heavy atom. The summed E-state index contributed by atoms with van der Waals surface area (Å²) < 4.78 is 6.89. The topological polar surface area (TPSA) is 21.3 Å². The highest BCUT2D eigenvalue weighted by Crippen LogP contribution is 2.29. The van der Waals surface area contributed by atoms with Crippen LogP contribution in [0.2, 0.25) is 0 Å². The van der Waals surface area contributed by atoms with Crippen molar-refractivity contribution in [1.82, 2.24) is 5.32 Å². The Bertz CT molecular complexity index is 388. The van der Waals surface area contributed by atoms with Crippen molar-refractivity contribution in [1.29, 1.82) is 0 Å². The second-order valence-corrected chi connectivity index (χ2v) is 5.93. The Morgan fingerprint density at radius 2 is 2.33 bits per heavy atom. The molecule has 1 aromatic carbocycles. The molecule has 18 heavy (non-hydrogen) atoms. The van der Waals surface area contributed by atoms with Crippen LogP contribution in [0.4, 0.5) is 0 Å². The van der Waals surface area contributed by atoms with E-state index >= 15 is 0 Å². The van der Waals surface area contributed by atoms with Crippen LogP contribution < -0.4 is 5.32 Å². The van der Waals surface area contributed by atoms with Crippen molar-refractivity contribution < 1.29 is 4.74 Å². The minimum atomic E-state index is 0.406. The van der Waals surface area contributed by atoms with Gasteiger partial charge in [-0.25, -0.2) is 0 Å². The van der Waals surface area contributed by atoms with Crippen LogP contribution in [0.5, 0.6) is 0 Å². The van der Waals surface area contributed by atoms with E-state index in [1.807, 2.05) is 7.05 Å². The SMILES string of the molecule is CNC(CCC1CCCO1)c1cc(C)ccc1Br. The average molecular weight is 312 g/mol. The fourth-order valence-electron chi connectivity index (χ4n) is 2.61. The van der Waals surface area contributed by atoms with Crippen LogP contribution in [0.25, 0.3) is 0 Å². The van der Waals surface area contributed by atoms with Crippen molar-refractivity contribution in [3.8, 4) is 0 Å². The molecule has 2 rings (SSSR count). The monoisotopic (exact) mass is 311 g/mol. The zero-order valence-electron chi connectivity index (χ0n) is 11.2. The zero-order chi connectivity index (χ0) is 13.0. The van der Waals surface area contributed by atoms with Crippen molar-refractivity contribution in [2.75, 3.05) is 13.7 Å². The smallest absolute Gasteiger partial charge is 0.0576 e. The Kier molecular flexibility index (Phi) is 5.22. The Morgan fingerprint density at radius 3 is 3.00 bits per heavy atom. The fraction of sp³-hybridized carbons (Fsp3) is 0.600. The standard InChI is InChI=1S/C15H22BrNO/c1-11-5-7-14(16)13(10-11)15(17-2)8-6-12-4-3-9-18-12/h5,7,10,12,15,17H,3-4,6,8-9H2,1-2H3. The van der Waals surface area contributed by atoms with E-state index in [0.29, 0.717) is 12.1 Å². The van der Waals surface area contributed by atoms with Crippen molar-refractivity contribution in [2.45, 2.75) is 44.8 Å². The summed E-state index contributed by atoms with van der Waals surface area (Å²) in [5, 5.41) is 3.42. The molecule has 1 heterocycles. The summed E-state index contributed by atoms with van der Waals surface area (Å²) in [5.74, 6) is 0. The summed E-state index contributed by atoms with van der Waals surface area (Å²) in [4.78, 5) is 0. The van der Waals surface area contributed by atoms with Gasteiger partial charge in [-0.3, -0.25) is 0 Å². The van der Waals surface area contributed by atoms with Gasteiger partial charge in [-0.05, 0) is 51.3 Å². The lowest BCUT2D eigenvalue weighted by Crippen LogP contribution is -2.19. The third kappa shape index (κ3) is 3.56. The summed E-state index contributed by atoms with van der Waals surface area (Å²) in [6.07, 6.45) is 5.20. The molecule has 0 spiro atoms. The molecule has 0 bridgehead atoms. The molecular formula is C15H22BrNO. The van der Waals surface area contributed by atoms with Gasteiger partial charge in [-0.2, -0.15) is 0 Å². The molecule has 1 aliphatic heterocycles. The number of benzene rings is 1. The normalized spacial score (nSPS) is 21.2. The summed E-state index contributed by atoms with van der Waals surface area (Å²) in [6, 6.07) is 6.95. The highest BCUT2D eigenvalue weighted by Gasteiger charge is 2.19. The molecule has 1 aromatic rings. The molecule has 1 fully saturated rings. The van der Waals surface area contributed by atoms with Crippen LogP contribution in [0.3, 0.4) is 0 Å². The summed E-state index contributed by atoms with van der Waals surface area (Å²) in [5.41, 5.74) is 2.67. The van der Waals surface area contributed by atoms with Gasteiger partial charge in [0.15, 0.2) is 0 Å². The lowest BCUT2D eigenvalue weighted by molar-refractivity contribution is 0.0998. The molecule has 2 unspecified atom stereocenters. The van der Waals surface area contributed by atoms with Crippen molar-refractivity contribution >= 4 is 15.9 Å². The van der Waals surface area contributed by atoms with Crippen LogP contribution >= 0.6 is 15.9 Å². The van der Waals surface area contributed by atoms with Crippen molar-refractivity contribution in [3.05, 3.63) is 33.8 Å². The first-order valence-corrected chi connectivity index (χ1v) is 7.55. The van der Waals surface area contributed by atoms with Crippen LogP contribution in [0.15, 0.2) is 22.7 Å². The number of rotatable bonds is 5. The number of aryl methyl sites for hydroxylation is 1. The van der Waals surface area contributed by atoms with E-state index in [1.54, 1.807) is 0 Å². The van der Waals surface area contributed by atoms with E-state index in [1.165, 1.54) is 28.4 Å². The summed E-state index contributed by atoms with van der Waals surface area (Å²) in [6.45, 7) is 3.09. The molecular weight excluding hydrogens is 290 g/mol. The molecule has 2 nitrogen and oxygen atoms in total. The fourth-order valence-corrected chi connectivity index (χ4v) is 3.13. The van der Waals surface area contributed by atoms with Gasteiger partial charge in [-0.1, -0.05) is 33.6 Å². The van der Waals surface area contributed by atoms with E-state index in [2.05, 4.69) is 46.4 Å².